The van der Waals surface area contributed by atoms with Crippen LogP contribution in [0.4, 0.5) is 10.5 Å². The largest absolute Gasteiger partial charge is 0.497 e. The summed E-state index contributed by atoms with van der Waals surface area (Å²) in [5.41, 5.74) is 8.60. The Hall–Kier alpha value is -2.95. The van der Waals surface area contributed by atoms with Gasteiger partial charge in [0.05, 0.1) is 12.6 Å². The van der Waals surface area contributed by atoms with Gasteiger partial charge < -0.3 is 15.2 Å². The first-order chi connectivity index (χ1) is 11.8. The van der Waals surface area contributed by atoms with Gasteiger partial charge in [0.1, 0.15) is 11.4 Å². The fourth-order valence-electron chi connectivity index (χ4n) is 2.73. The number of hydrogen-bond acceptors (Lipinski definition) is 4. The molecule has 0 fully saturated rings. The van der Waals surface area contributed by atoms with E-state index < -0.39 is 11.7 Å². The second-order valence-electron chi connectivity index (χ2n) is 6.90. The maximum absolute atomic E-state index is 12.6. The summed E-state index contributed by atoms with van der Waals surface area (Å²) >= 11 is 0. The molecule has 0 saturated heterocycles. The van der Waals surface area contributed by atoms with Gasteiger partial charge in [-0.05, 0) is 56.7 Å². The minimum Gasteiger partial charge on any atom is -0.497 e. The standard InChI is InChI=1S/C20H22N2O3/c1-20(2,3)25-19(23)22-12-17(13-6-5-7-14(21)10-13)16-11-15(24-4)8-9-18(16)22/h5-12H,21H2,1-4H3. The monoisotopic (exact) mass is 338 g/mol. The van der Waals surface area contributed by atoms with Gasteiger partial charge in [0.25, 0.3) is 0 Å². The number of fused-ring (bicyclic) bond motifs is 1. The van der Waals surface area contributed by atoms with Gasteiger partial charge in [-0.15, -0.1) is 0 Å². The number of benzene rings is 2. The first-order valence-corrected chi connectivity index (χ1v) is 8.07. The number of hydrogen-bond donors (Lipinski definition) is 1. The molecule has 0 aliphatic carbocycles. The van der Waals surface area contributed by atoms with E-state index in [0.717, 1.165) is 27.8 Å². The van der Waals surface area contributed by atoms with E-state index in [0.29, 0.717) is 5.69 Å². The van der Waals surface area contributed by atoms with Gasteiger partial charge in [-0.25, -0.2) is 4.79 Å². The number of carbonyl (C=O) groups is 1. The van der Waals surface area contributed by atoms with Crippen molar-refractivity contribution in [3.63, 3.8) is 0 Å². The van der Waals surface area contributed by atoms with Crippen molar-refractivity contribution in [1.29, 1.82) is 0 Å². The van der Waals surface area contributed by atoms with Crippen LogP contribution < -0.4 is 10.5 Å². The van der Waals surface area contributed by atoms with Gasteiger partial charge in [0.15, 0.2) is 0 Å². The van der Waals surface area contributed by atoms with Crippen molar-refractivity contribution in [3.8, 4) is 16.9 Å². The van der Waals surface area contributed by atoms with Crippen molar-refractivity contribution in [2.75, 3.05) is 12.8 Å². The first-order valence-electron chi connectivity index (χ1n) is 8.07. The third kappa shape index (κ3) is 3.45. The second-order valence-corrected chi connectivity index (χ2v) is 6.90. The predicted octanol–water partition coefficient (Wildman–Crippen LogP) is 4.68. The molecule has 0 amide bonds. The average Bonchev–Trinajstić information content (AvgIpc) is 2.92. The summed E-state index contributed by atoms with van der Waals surface area (Å²) in [4.78, 5) is 12.6. The molecule has 0 unspecified atom stereocenters. The average molecular weight is 338 g/mol. The molecule has 0 atom stereocenters. The summed E-state index contributed by atoms with van der Waals surface area (Å²) in [7, 11) is 1.62. The zero-order valence-corrected chi connectivity index (χ0v) is 14.9. The Balaban J connectivity index is 2.21. The molecule has 130 valence electrons. The predicted molar refractivity (Wildman–Crippen MR) is 100.0 cm³/mol. The second kappa shape index (κ2) is 6.16. The third-order valence-corrected chi connectivity index (χ3v) is 3.80. The molecule has 0 spiro atoms. The molecule has 0 bridgehead atoms. The summed E-state index contributed by atoms with van der Waals surface area (Å²) in [5, 5.41) is 0.899. The Labute approximate surface area is 147 Å². The van der Waals surface area contributed by atoms with Crippen LogP contribution in [0.3, 0.4) is 0 Å². The van der Waals surface area contributed by atoms with E-state index in [1.165, 1.54) is 4.57 Å². The number of ether oxygens (including phenoxy) is 2. The maximum atomic E-state index is 12.6. The molecule has 1 heterocycles. The molecule has 5 heteroatoms. The van der Waals surface area contributed by atoms with E-state index in [-0.39, 0.29) is 0 Å². The van der Waals surface area contributed by atoms with Crippen molar-refractivity contribution in [1.82, 2.24) is 4.57 Å². The number of carbonyl (C=O) groups excluding carboxylic acids is 1. The fourth-order valence-corrected chi connectivity index (χ4v) is 2.73. The molecule has 3 rings (SSSR count). The molecule has 2 N–H and O–H groups in total. The molecule has 5 nitrogen and oxygen atoms in total. The van der Waals surface area contributed by atoms with Crippen molar-refractivity contribution in [2.45, 2.75) is 26.4 Å². The van der Waals surface area contributed by atoms with E-state index in [4.69, 9.17) is 15.2 Å². The molecular weight excluding hydrogens is 316 g/mol. The topological polar surface area (TPSA) is 66.5 Å². The summed E-state index contributed by atoms with van der Waals surface area (Å²) < 4.78 is 12.4. The smallest absolute Gasteiger partial charge is 0.419 e. The zero-order valence-electron chi connectivity index (χ0n) is 14.9. The number of anilines is 1. The van der Waals surface area contributed by atoms with Crippen LogP contribution in [0, 0.1) is 0 Å². The lowest BCUT2D eigenvalue weighted by Crippen LogP contribution is -2.26. The van der Waals surface area contributed by atoms with Crippen molar-refractivity contribution < 1.29 is 14.3 Å². The SMILES string of the molecule is COc1ccc2c(c1)c(-c1cccc(N)c1)cn2C(=O)OC(C)(C)C. The van der Waals surface area contributed by atoms with Gasteiger partial charge in [-0.3, -0.25) is 4.57 Å². The van der Waals surface area contributed by atoms with Crippen molar-refractivity contribution in [2.24, 2.45) is 0 Å². The van der Waals surface area contributed by atoms with Crippen LogP contribution in [0.5, 0.6) is 5.75 Å². The van der Waals surface area contributed by atoms with Gasteiger partial charge in [-0.2, -0.15) is 0 Å². The Kier molecular flexibility index (Phi) is 4.17. The number of nitrogens with two attached hydrogens (primary N) is 1. The number of nitrogens with zero attached hydrogens (tertiary/aromatic N) is 1. The normalized spacial score (nSPS) is 11.5. The van der Waals surface area contributed by atoms with Crippen LogP contribution in [0.25, 0.3) is 22.0 Å². The van der Waals surface area contributed by atoms with Gasteiger partial charge in [0, 0.05) is 22.8 Å². The summed E-state index contributed by atoms with van der Waals surface area (Å²) in [5.74, 6) is 0.722. The lowest BCUT2D eigenvalue weighted by molar-refractivity contribution is 0.0544. The Bertz CT molecular complexity index is 936. The number of nitrogen functional groups attached to an aromatic ring is 1. The van der Waals surface area contributed by atoms with Gasteiger partial charge >= 0.3 is 6.09 Å². The molecule has 0 aliphatic rings. The molecule has 2 aromatic carbocycles. The highest BCUT2D eigenvalue weighted by molar-refractivity contribution is 6.01. The van der Waals surface area contributed by atoms with Crippen LogP contribution in [0.1, 0.15) is 20.8 Å². The maximum Gasteiger partial charge on any atom is 0.419 e. The summed E-state index contributed by atoms with van der Waals surface area (Å²) in [6.45, 7) is 5.54. The van der Waals surface area contributed by atoms with Crippen molar-refractivity contribution >= 4 is 22.7 Å². The highest BCUT2D eigenvalue weighted by atomic mass is 16.6. The van der Waals surface area contributed by atoms with Crippen LogP contribution >= 0.6 is 0 Å². The summed E-state index contributed by atoms with van der Waals surface area (Å²) in [6, 6.07) is 13.2. The van der Waals surface area contributed by atoms with Gasteiger partial charge in [-0.1, -0.05) is 12.1 Å². The molecule has 0 aliphatic heterocycles. The number of methoxy groups -OCH3 is 1. The highest BCUT2D eigenvalue weighted by Gasteiger charge is 2.21. The zero-order chi connectivity index (χ0) is 18.2. The number of rotatable bonds is 2. The lowest BCUT2D eigenvalue weighted by atomic mass is 10.0. The van der Waals surface area contributed by atoms with Crippen LogP contribution in [0.15, 0.2) is 48.7 Å². The third-order valence-electron chi connectivity index (χ3n) is 3.80. The Morgan fingerprint density at radius 1 is 1.12 bits per heavy atom. The molecular formula is C20H22N2O3. The Morgan fingerprint density at radius 3 is 2.52 bits per heavy atom. The van der Waals surface area contributed by atoms with Crippen LogP contribution in [-0.2, 0) is 4.74 Å². The van der Waals surface area contributed by atoms with Crippen LogP contribution in [0.2, 0.25) is 0 Å². The molecule has 25 heavy (non-hydrogen) atoms. The van der Waals surface area contributed by atoms with E-state index in [9.17, 15) is 4.79 Å². The minimum atomic E-state index is -0.572. The van der Waals surface area contributed by atoms with E-state index in [1.54, 1.807) is 13.3 Å². The molecule has 0 radical (unpaired) electrons. The Morgan fingerprint density at radius 2 is 1.88 bits per heavy atom. The van der Waals surface area contributed by atoms with E-state index in [1.807, 2.05) is 63.2 Å². The number of aromatic nitrogens is 1. The highest BCUT2D eigenvalue weighted by Crippen LogP contribution is 2.34. The minimum absolute atomic E-state index is 0.419. The summed E-state index contributed by atoms with van der Waals surface area (Å²) in [6.07, 6.45) is 1.37. The van der Waals surface area contributed by atoms with E-state index in [2.05, 4.69) is 0 Å². The quantitative estimate of drug-likeness (QED) is 0.689. The molecule has 0 saturated carbocycles. The van der Waals surface area contributed by atoms with Gasteiger partial charge in [0.2, 0.25) is 0 Å². The molecule has 1 aromatic heterocycles. The lowest BCUT2D eigenvalue weighted by Gasteiger charge is -2.19. The fraction of sp³-hybridized carbons (Fsp3) is 0.250. The van der Waals surface area contributed by atoms with Crippen molar-refractivity contribution in [3.05, 3.63) is 48.7 Å². The van der Waals surface area contributed by atoms with E-state index >= 15 is 0 Å². The van der Waals surface area contributed by atoms with Crippen LogP contribution in [-0.4, -0.2) is 23.4 Å². The first kappa shape index (κ1) is 16.9. The molecule has 3 aromatic rings.